The molecule has 0 heterocycles. The van der Waals surface area contributed by atoms with Crippen molar-refractivity contribution in [2.75, 3.05) is 0 Å². The standard InChI is InChI=1S/C11H22.C8H16.C5H10.C3H6/c1-3-7-11-9-6-5-8-10(11)4-2;1-8-6-4-2-3-5-7-8;1-4-5(2)3;1-3-2/h10-11H,3-9H2,1-2H3;8H,2-7H2,1H3;2,4H2,1,3H3;3H,1H2,2H3. The van der Waals surface area contributed by atoms with Crippen molar-refractivity contribution in [1.82, 2.24) is 0 Å². The normalized spacial score (nSPS) is 22.4. The van der Waals surface area contributed by atoms with E-state index < -0.39 is 0 Å². The molecule has 0 aromatic rings. The van der Waals surface area contributed by atoms with E-state index in [0.717, 1.165) is 24.2 Å². The van der Waals surface area contributed by atoms with Gasteiger partial charge in [-0.2, -0.15) is 0 Å². The Labute approximate surface area is 174 Å². The summed E-state index contributed by atoms with van der Waals surface area (Å²) in [7, 11) is 0. The SMILES string of the molecule is C=C(C)CC.C=CC.CC1CCCCCC1.CCCC1CCCCC1CC. The first-order valence-corrected chi connectivity index (χ1v) is 12.2. The van der Waals surface area contributed by atoms with E-state index in [-0.39, 0.29) is 0 Å². The van der Waals surface area contributed by atoms with Gasteiger partial charge in [0.2, 0.25) is 0 Å². The summed E-state index contributed by atoms with van der Waals surface area (Å²) < 4.78 is 0. The van der Waals surface area contributed by atoms with Gasteiger partial charge in [-0.25, -0.2) is 0 Å². The molecule has 0 aromatic heterocycles. The van der Waals surface area contributed by atoms with Gasteiger partial charge in [0.15, 0.2) is 0 Å². The molecule has 2 aliphatic carbocycles. The molecule has 0 radical (unpaired) electrons. The van der Waals surface area contributed by atoms with Crippen molar-refractivity contribution in [3.05, 3.63) is 24.8 Å². The molecule has 2 rings (SSSR count). The van der Waals surface area contributed by atoms with Gasteiger partial charge in [0.1, 0.15) is 0 Å². The molecule has 2 aliphatic rings. The van der Waals surface area contributed by atoms with Crippen LogP contribution in [0.25, 0.3) is 0 Å². The van der Waals surface area contributed by atoms with Gasteiger partial charge in [0.05, 0.1) is 0 Å². The Morgan fingerprint density at radius 1 is 0.852 bits per heavy atom. The van der Waals surface area contributed by atoms with Gasteiger partial charge in [-0.3, -0.25) is 0 Å². The van der Waals surface area contributed by atoms with Crippen molar-refractivity contribution in [1.29, 1.82) is 0 Å². The average Bonchev–Trinajstić information content (AvgIpc) is 2.91. The maximum absolute atomic E-state index is 3.67. The van der Waals surface area contributed by atoms with E-state index in [9.17, 15) is 0 Å². The van der Waals surface area contributed by atoms with Gasteiger partial charge in [-0.15, -0.1) is 13.2 Å². The van der Waals surface area contributed by atoms with Crippen LogP contribution < -0.4 is 0 Å². The van der Waals surface area contributed by atoms with E-state index in [2.05, 4.69) is 40.9 Å². The molecule has 27 heavy (non-hydrogen) atoms. The van der Waals surface area contributed by atoms with Crippen molar-refractivity contribution in [2.24, 2.45) is 17.8 Å². The van der Waals surface area contributed by atoms with Crippen LogP contribution in [0.5, 0.6) is 0 Å². The molecule has 2 saturated carbocycles. The molecule has 2 atom stereocenters. The summed E-state index contributed by atoms with van der Waals surface area (Å²) in [6.07, 6.45) is 22.1. The Hall–Kier alpha value is -0.520. The van der Waals surface area contributed by atoms with E-state index in [0.29, 0.717) is 0 Å². The van der Waals surface area contributed by atoms with E-state index in [1.807, 2.05) is 13.8 Å². The Kier molecular flexibility index (Phi) is 23.1. The zero-order chi connectivity index (χ0) is 20.9. The fourth-order valence-corrected chi connectivity index (χ4v) is 4.06. The second kappa shape index (κ2) is 21.8. The second-order valence-corrected chi connectivity index (χ2v) is 8.82. The van der Waals surface area contributed by atoms with E-state index >= 15 is 0 Å². The molecular weight excluding hydrogens is 324 g/mol. The van der Waals surface area contributed by atoms with Crippen molar-refractivity contribution < 1.29 is 0 Å². The van der Waals surface area contributed by atoms with Crippen LogP contribution in [0.2, 0.25) is 0 Å². The van der Waals surface area contributed by atoms with Crippen LogP contribution in [0.4, 0.5) is 0 Å². The molecule has 0 spiro atoms. The second-order valence-electron chi connectivity index (χ2n) is 8.82. The lowest BCUT2D eigenvalue weighted by atomic mass is 9.76. The first-order valence-electron chi connectivity index (χ1n) is 12.2. The Morgan fingerprint density at radius 2 is 1.26 bits per heavy atom. The molecule has 0 aromatic carbocycles. The molecule has 0 nitrogen and oxygen atoms in total. The van der Waals surface area contributed by atoms with Crippen molar-refractivity contribution in [2.45, 2.75) is 131 Å². The monoisotopic (exact) mass is 378 g/mol. The first-order chi connectivity index (χ1) is 13.0. The highest BCUT2D eigenvalue weighted by molar-refractivity contribution is 4.84. The molecule has 0 bridgehead atoms. The van der Waals surface area contributed by atoms with Gasteiger partial charge in [-0.1, -0.05) is 123 Å². The maximum atomic E-state index is 3.67. The zero-order valence-corrected chi connectivity index (χ0v) is 20.1. The molecular formula is C27H54. The summed E-state index contributed by atoms with van der Waals surface area (Å²) in [5.41, 5.74) is 1.25. The minimum Gasteiger partial charge on any atom is -0.103 e. The van der Waals surface area contributed by atoms with Crippen molar-refractivity contribution in [3.8, 4) is 0 Å². The number of hydrogen-bond donors (Lipinski definition) is 0. The highest BCUT2D eigenvalue weighted by Crippen LogP contribution is 2.34. The van der Waals surface area contributed by atoms with Gasteiger partial charge in [0, 0.05) is 0 Å². The largest absolute Gasteiger partial charge is 0.103 e. The summed E-state index contributed by atoms with van der Waals surface area (Å²) in [6, 6.07) is 0. The minimum atomic E-state index is 1.03. The highest BCUT2D eigenvalue weighted by Gasteiger charge is 2.22. The van der Waals surface area contributed by atoms with Gasteiger partial charge in [0.25, 0.3) is 0 Å². The van der Waals surface area contributed by atoms with Crippen LogP contribution in [-0.4, -0.2) is 0 Å². The van der Waals surface area contributed by atoms with E-state index in [1.165, 1.54) is 89.0 Å². The smallest absolute Gasteiger partial charge is 0.0354 e. The number of allylic oxidation sites excluding steroid dienone is 2. The zero-order valence-electron chi connectivity index (χ0n) is 20.1. The molecule has 0 saturated heterocycles. The summed E-state index contributed by atoms with van der Waals surface area (Å²) in [5, 5.41) is 0. The molecule has 162 valence electrons. The Balaban J connectivity index is 0. The fraction of sp³-hybridized carbons (Fsp3) is 0.852. The third kappa shape index (κ3) is 20.0. The first kappa shape index (κ1) is 28.7. The van der Waals surface area contributed by atoms with Crippen LogP contribution in [0.3, 0.4) is 0 Å². The van der Waals surface area contributed by atoms with Gasteiger partial charge < -0.3 is 0 Å². The minimum absolute atomic E-state index is 1.03. The molecule has 2 fully saturated rings. The molecule has 0 N–H and O–H groups in total. The van der Waals surface area contributed by atoms with Crippen LogP contribution in [0.15, 0.2) is 24.8 Å². The summed E-state index contributed by atoms with van der Waals surface area (Å²) >= 11 is 0. The Morgan fingerprint density at radius 3 is 1.63 bits per heavy atom. The number of rotatable bonds is 4. The van der Waals surface area contributed by atoms with E-state index in [1.54, 1.807) is 6.08 Å². The summed E-state index contributed by atoms with van der Waals surface area (Å²) in [5.74, 6) is 3.18. The topological polar surface area (TPSA) is 0 Å². The van der Waals surface area contributed by atoms with Gasteiger partial charge in [-0.05, 0) is 38.0 Å². The van der Waals surface area contributed by atoms with Crippen LogP contribution in [0.1, 0.15) is 131 Å². The molecule has 2 unspecified atom stereocenters. The molecule has 0 amide bonds. The summed E-state index contributed by atoms with van der Waals surface area (Å²) in [4.78, 5) is 0. The lowest BCUT2D eigenvalue weighted by molar-refractivity contribution is 0.216. The van der Waals surface area contributed by atoms with Crippen LogP contribution in [-0.2, 0) is 0 Å². The molecule has 0 heteroatoms. The Bertz CT molecular complexity index is 304. The van der Waals surface area contributed by atoms with Gasteiger partial charge >= 0.3 is 0 Å². The average molecular weight is 379 g/mol. The van der Waals surface area contributed by atoms with Crippen LogP contribution >= 0.6 is 0 Å². The number of hydrogen-bond acceptors (Lipinski definition) is 0. The fourth-order valence-electron chi connectivity index (χ4n) is 4.06. The summed E-state index contributed by atoms with van der Waals surface area (Å²) in [6.45, 7) is 20.1. The quantitative estimate of drug-likeness (QED) is 0.337. The van der Waals surface area contributed by atoms with Crippen molar-refractivity contribution >= 4 is 0 Å². The predicted octanol–water partition coefficient (Wildman–Crippen LogP) is 10.1. The predicted molar refractivity (Wildman–Crippen MR) is 128 cm³/mol. The lowest BCUT2D eigenvalue weighted by Gasteiger charge is -2.30. The highest BCUT2D eigenvalue weighted by atomic mass is 14.3. The third-order valence-corrected chi connectivity index (χ3v) is 6.00. The lowest BCUT2D eigenvalue weighted by Crippen LogP contribution is -2.18. The third-order valence-electron chi connectivity index (χ3n) is 6.00. The van der Waals surface area contributed by atoms with Crippen LogP contribution in [0, 0.1) is 17.8 Å². The maximum Gasteiger partial charge on any atom is -0.0354 e. The van der Waals surface area contributed by atoms with Crippen molar-refractivity contribution in [3.63, 3.8) is 0 Å². The van der Waals surface area contributed by atoms with E-state index in [4.69, 9.17) is 0 Å². The molecule has 0 aliphatic heterocycles.